The van der Waals surface area contributed by atoms with E-state index in [1.807, 2.05) is 59.5 Å². The third-order valence-electron chi connectivity index (χ3n) is 5.69. The highest BCUT2D eigenvalue weighted by Gasteiger charge is 2.18. The van der Waals surface area contributed by atoms with Crippen molar-refractivity contribution < 1.29 is 9.53 Å². The molecule has 2 aromatic carbocycles. The van der Waals surface area contributed by atoms with Crippen LogP contribution in [0.1, 0.15) is 16.1 Å². The number of rotatable bonds is 4. The predicted octanol–water partition coefficient (Wildman–Crippen LogP) is 5.17. The largest absolute Gasteiger partial charge is 0.495 e. The summed E-state index contributed by atoms with van der Waals surface area (Å²) in [6, 6.07) is 17.4. The topological polar surface area (TPSA) is 106 Å². The zero-order valence-corrected chi connectivity index (χ0v) is 18.7. The van der Waals surface area contributed by atoms with E-state index in [2.05, 4.69) is 16.4 Å². The van der Waals surface area contributed by atoms with Crippen molar-refractivity contribution in [2.45, 2.75) is 0 Å². The molecule has 3 N–H and O–H groups in total. The van der Waals surface area contributed by atoms with Gasteiger partial charge in [-0.2, -0.15) is 5.26 Å². The summed E-state index contributed by atoms with van der Waals surface area (Å²) < 4.78 is 8.24. The van der Waals surface area contributed by atoms with Gasteiger partial charge < -0.3 is 20.4 Å². The second-order valence-corrected chi connectivity index (χ2v) is 8.42. The van der Waals surface area contributed by atoms with Gasteiger partial charge in [0, 0.05) is 35.1 Å². The van der Waals surface area contributed by atoms with Crippen LogP contribution in [0.2, 0.25) is 0 Å². The zero-order valence-electron chi connectivity index (χ0n) is 17.9. The normalized spacial score (nSPS) is 10.9. The third kappa shape index (κ3) is 3.35. The Kier molecular flexibility index (Phi) is 4.96. The Balaban J connectivity index is 1.52. The Bertz CT molecular complexity index is 1590. The van der Waals surface area contributed by atoms with Gasteiger partial charge in [0.1, 0.15) is 23.3 Å². The number of carbonyl (C=O) groups excluding carboxylic acids is 1. The van der Waals surface area contributed by atoms with Crippen LogP contribution in [0.4, 0.5) is 11.5 Å². The summed E-state index contributed by atoms with van der Waals surface area (Å²) in [6.07, 6.45) is 1.49. The minimum atomic E-state index is -0.229. The first kappa shape index (κ1) is 20.5. The summed E-state index contributed by atoms with van der Waals surface area (Å²) in [5.74, 6) is 0.655. The van der Waals surface area contributed by atoms with Crippen molar-refractivity contribution in [3.63, 3.8) is 0 Å². The van der Waals surface area contributed by atoms with E-state index in [-0.39, 0.29) is 5.91 Å². The Morgan fingerprint density at radius 2 is 2.06 bits per heavy atom. The van der Waals surface area contributed by atoms with E-state index in [9.17, 15) is 10.1 Å². The fourth-order valence-corrected chi connectivity index (χ4v) is 5.06. The van der Waals surface area contributed by atoms with E-state index in [4.69, 9.17) is 10.5 Å². The van der Waals surface area contributed by atoms with Crippen molar-refractivity contribution in [1.82, 2.24) is 9.55 Å². The van der Waals surface area contributed by atoms with Crippen LogP contribution in [0.15, 0.2) is 60.1 Å². The Hall–Kier alpha value is -4.35. The molecule has 0 unspecified atom stereocenters. The number of aromatic nitrogens is 2. The molecule has 3 heterocycles. The van der Waals surface area contributed by atoms with Crippen LogP contribution in [0.5, 0.6) is 5.75 Å². The van der Waals surface area contributed by atoms with E-state index in [1.54, 1.807) is 13.2 Å². The number of aryl methyl sites for hydroxylation is 1. The third-order valence-corrected chi connectivity index (χ3v) is 6.70. The molecular weight excluding hydrogens is 434 g/mol. The first-order valence-electron chi connectivity index (χ1n) is 10.1. The van der Waals surface area contributed by atoms with E-state index in [1.165, 1.54) is 17.5 Å². The quantitative estimate of drug-likeness (QED) is 0.390. The van der Waals surface area contributed by atoms with Crippen molar-refractivity contribution in [1.29, 1.82) is 5.26 Å². The van der Waals surface area contributed by atoms with Crippen LogP contribution in [0.3, 0.4) is 0 Å². The number of methoxy groups -OCH3 is 1. The van der Waals surface area contributed by atoms with Gasteiger partial charge in [0.05, 0.1) is 23.1 Å². The van der Waals surface area contributed by atoms with Crippen molar-refractivity contribution in [3.8, 4) is 22.9 Å². The molecule has 0 atom stereocenters. The van der Waals surface area contributed by atoms with Crippen molar-refractivity contribution in [2.24, 2.45) is 7.05 Å². The molecule has 0 spiro atoms. The molecule has 33 heavy (non-hydrogen) atoms. The molecule has 162 valence electrons. The average Bonchev–Trinajstić information content (AvgIpc) is 3.42. The Morgan fingerprint density at radius 3 is 2.82 bits per heavy atom. The molecule has 8 heteroatoms. The van der Waals surface area contributed by atoms with E-state index in [0.717, 1.165) is 32.1 Å². The lowest BCUT2D eigenvalue weighted by atomic mass is 10.0. The predicted molar refractivity (Wildman–Crippen MR) is 132 cm³/mol. The molecule has 5 rings (SSSR count). The van der Waals surface area contributed by atoms with Gasteiger partial charge in [0.25, 0.3) is 5.91 Å². The van der Waals surface area contributed by atoms with Crippen LogP contribution in [0.25, 0.3) is 32.1 Å². The highest BCUT2D eigenvalue weighted by molar-refractivity contribution is 7.18. The molecule has 0 saturated carbocycles. The van der Waals surface area contributed by atoms with E-state index >= 15 is 0 Å². The van der Waals surface area contributed by atoms with Crippen LogP contribution < -0.4 is 15.8 Å². The number of ether oxygens (including phenoxy) is 1. The molecule has 5 aromatic rings. The standard InChI is InChI=1S/C25H19N5O2S/c1-30-19-6-4-3-5-15(19)9-20(30)25(31)29-18-8-7-14(10-21(18)32-2)17-13-33-23-16(11-26)12-28-24(27)22(17)23/h3-10,12-13H,1-2H3,(H2,27,28)(H,29,31). The van der Waals surface area contributed by atoms with E-state index < -0.39 is 0 Å². The number of amides is 1. The molecule has 3 aromatic heterocycles. The van der Waals surface area contributed by atoms with Gasteiger partial charge in [-0.05, 0) is 35.2 Å². The number of nitrogens with one attached hydrogen (secondary N) is 1. The number of fused-ring (bicyclic) bond motifs is 2. The maximum absolute atomic E-state index is 13.0. The fourth-order valence-electron chi connectivity index (χ4n) is 4.01. The van der Waals surface area contributed by atoms with Crippen LogP contribution in [-0.4, -0.2) is 22.6 Å². The number of nitrogens with zero attached hydrogens (tertiary/aromatic N) is 3. The summed E-state index contributed by atoms with van der Waals surface area (Å²) in [6.45, 7) is 0. The van der Waals surface area contributed by atoms with Crippen molar-refractivity contribution in [3.05, 3.63) is 71.4 Å². The number of hydrogen-bond donors (Lipinski definition) is 2. The molecule has 0 aliphatic carbocycles. The lowest BCUT2D eigenvalue weighted by molar-refractivity contribution is 0.101. The number of para-hydroxylation sites is 1. The highest BCUT2D eigenvalue weighted by atomic mass is 32.1. The smallest absolute Gasteiger partial charge is 0.272 e. The lowest BCUT2D eigenvalue weighted by Gasteiger charge is -2.13. The SMILES string of the molecule is COc1cc(-c2csc3c(C#N)cnc(N)c23)ccc1NC(=O)c1cc2ccccc2n1C. The lowest BCUT2D eigenvalue weighted by Crippen LogP contribution is -2.16. The second-order valence-electron chi connectivity index (χ2n) is 7.54. The van der Waals surface area contributed by atoms with Gasteiger partial charge >= 0.3 is 0 Å². The highest BCUT2D eigenvalue weighted by Crippen LogP contribution is 2.40. The molecule has 0 aliphatic rings. The van der Waals surface area contributed by atoms with E-state index in [0.29, 0.717) is 28.5 Å². The molecule has 7 nitrogen and oxygen atoms in total. The number of nitriles is 1. The minimum Gasteiger partial charge on any atom is -0.495 e. The second kappa shape index (κ2) is 7.97. The summed E-state index contributed by atoms with van der Waals surface area (Å²) in [5, 5.41) is 16.0. The Morgan fingerprint density at radius 1 is 1.24 bits per heavy atom. The monoisotopic (exact) mass is 453 g/mol. The number of nitrogen functional groups attached to an aromatic ring is 1. The maximum atomic E-state index is 13.0. The van der Waals surface area contributed by atoms with Gasteiger partial charge in [0.15, 0.2) is 0 Å². The summed E-state index contributed by atoms with van der Waals surface area (Å²) in [7, 11) is 3.42. The molecule has 0 radical (unpaired) electrons. The van der Waals surface area contributed by atoms with Gasteiger partial charge in [0.2, 0.25) is 0 Å². The molecule has 0 saturated heterocycles. The average molecular weight is 454 g/mol. The van der Waals surface area contributed by atoms with Gasteiger partial charge in [-0.1, -0.05) is 24.3 Å². The van der Waals surface area contributed by atoms with Gasteiger partial charge in [-0.3, -0.25) is 4.79 Å². The molecule has 0 aliphatic heterocycles. The first-order chi connectivity index (χ1) is 16.0. The first-order valence-corrected chi connectivity index (χ1v) is 11.0. The van der Waals surface area contributed by atoms with Crippen molar-refractivity contribution >= 4 is 49.7 Å². The maximum Gasteiger partial charge on any atom is 0.272 e. The minimum absolute atomic E-state index is 0.229. The van der Waals surface area contributed by atoms with Gasteiger partial charge in [-0.15, -0.1) is 11.3 Å². The number of benzene rings is 2. The molecular formula is C25H19N5O2S. The number of nitrogens with two attached hydrogens (primary N) is 1. The molecule has 0 bridgehead atoms. The summed E-state index contributed by atoms with van der Waals surface area (Å²) >= 11 is 1.45. The summed E-state index contributed by atoms with van der Waals surface area (Å²) in [4.78, 5) is 17.2. The number of carbonyl (C=O) groups is 1. The number of thiophene rings is 1. The van der Waals surface area contributed by atoms with Gasteiger partial charge in [-0.25, -0.2) is 4.98 Å². The van der Waals surface area contributed by atoms with Crippen LogP contribution >= 0.6 is 11.3 Å². The fraction of sp³-hybridized carbons (Fsp3) is 0.0800. The molecule has 0 fully saturated rings. The Labute approximate surface area is 193 Å². The zero-order chi connectivity index (χ0) is 23.1. The summed E-state index contributed by atoms with van der Waals surface area (Å²) in [5.41, 5.74) is 10.4. The number of hydrogen-bond acceptors (Lipinski definition) is 6. The van der Waals surface area contributed by atoms with Crippen LogP contribution in [0, 0.1) is 11.3 Å². The number of pyridine rings is 1. The van der Waals surface area contributed by atoms with Crippen molar-refractivity contribution in [2.75, 3.05) is 18.2 Å². The van der Waals surface area contributed by atoms with Crippen LogP contribution in [-0.2, 0) is 7.05 Å². The molecule has 1 amide bonds. The number of anilines is 2.